The standard InChI is InChI=1S/C13H16IN3O2/c1-9-6-10(14)2-3-11(9)16-13(19)8-17-5-4-15-12(18)7-17/h2-3,6H,4-5,7-8H2,1H3,(H,15,18)(H,16,19)/p+1. The molecule has 0 radical (unpaired) electrons. The average Bonchev–Trinajstić information content (AvgIpc) is 2.33. The number of amides is 2. The van der Waals surface area contributed by atoms with Gasteiger partial charge in [-0.25, -0.2) is 0 Å². The van der Waals surface area contributed by atoms with Gasteiger partial charge in [0, 0.05) is 9.26 Å². The fourth-order valence-electron chi connectivity index (χ4n) is 2.10. The molecule has 1 fully saturated rings. The third kappa shape index (κ3) is 4.17. The largest absolute Gasteiger partial charge is 0.346 e. The van der Waals surface area contributed by atoms with Crippen molar-refractivity contribution in [2.75, 3.05) is 31.5 Å². The van der Waals surface area contributed by atoms with Gasteiger partial charge in [-0.2, -0.15) is 0 Å². The van der Waals surface area contributed by atoms with Gasteiger partial charge in [0.25, 0.3) is 11.8 Å². The van der Waals surface area contributed by atoms with Gasteiger partial charge in [0.2, 0.25) is 0 Å². The molecule has 0 spiro atoms. The van der Waals surface area contributed by atoms with Crippen LogP contribution in [0.4, 0.5) is 5.69 Å². The third-order valence-electron chi connectivity index (χ3n) is 3.08. The second-order valence-electron chi connectivity index (χ2n) is 4.71. The summed E-state index contributed by atoms with van der Waals surface area (Å²) < 4.78 is 1.14. The van der Waals surface area contributed by atoms with Crippen LogP contribution in [0.5, 0.6) is 0 Å². The molecule has 5 nitrogen and oxygen atoms in total. The van der Waals surface area contributed by atoms with Crippen LogP contribution in [0.1, 0.15) is 5.56 Å². The predicted molar refractivity (Wildman–Crippen MR) is 81.1 cm³/mol. The number of benzene rings is 1. The van der Waals surface area contributed by atoms with Crippen molar-refractivity contribution >= 4 is 40.1 Å². The monoisotopic (exact) mass is 374 g/mol. The molecular weight excluding hydrogens is 357 g/mol. The van der Waals surface area contributed by atoms with Crippen LogP contribution < -0.4 is 15.5 Å². The first kappa shape index (κ1) is 14.3. The number of carbonyl (C=O) groups is 2. The van der Waals surface area contributed by atoms with Crippen molar-refractivity contribution in [3.8, 4) is 0 Å². The summed E-state index contributed by atoms with van der Waals surface area (Å²) >= 11 is 2.24. The molecule has 1 aromatic carbocycles. The number of halogens is 1. The zero-order chi connectivity index (χ0) is 13.8. The first-order valence-electron chi connectivity index (χ1n) is 6.21. The van der Waals surface area contributed by atoms with Crippen LogP contribution in [-0.4, -0.2) is 38.0 Å². The number of hydrogen-bond acceptors (Lipinski definition) is 2. The predicted octanol–water partition coefficient (Wildman–Crippen LogP) is -0.447. The van der Waals surface area contributed by atoms with Crippen molar-refractivity contribution in [2.24, 2.45) is 0 Å². The SMILES string of the molecule is Cc1cc(I)ccc1NC(=O)C[NH+]1CCNC(=O)C1. The van der Waals surface area contributed by atoms with Gasteiger partial charge < -0.3 is 15.5 Å². The van der Waals surface area contributed by atoms with E-state index in [0.29, 0.717) is 19.6 Å². The molecule has 19 heavy (non-hydrogen) atoms. The molecule has 0 aromatic heterocycles. The summed E-state index contributed by atoms with van der Waals surface area (Å²) in [6.45, 7) is 4.12. The second-order valence-corrected chi connectivity index (χ2v) is 5.96. The number of rotatable bonds is 3. The van der Waals surface area contributed by atoms with Gasteiger partial charge in [-0.15, -0.1) is 0 Å². The minimum atomic E-state index is -0.0472. The fraction of sp³-hybridized carbons (Fsp3) is 0.385. The minimum absolute atomic E-state index is 0.0134. The van der Waals surface area contributed by atoms with Crippen LogP contribution in [0, 0.1) is 10.5 Å². The molecule has 1 aliphatic heterocycles. The molecule has 0 bridgehead atoms. The Balaban J connectivity index is 1.92. The van der Waals surface area contributed by atoms with Gasteiger partial charge in [-0.3, -0.25) is 9.59 Å². The van der Waals surface area contributed by atoms with Crippen LogP contribution in [0.15, 0.2) is 18.2 Å². The lowest BCUT2D eigenvalue weighted by molar-refractivity contribution is -0.885. The first-order chi connectivity index (χ1) is 9.04. The van der Waals surface area contributed by atoms with E-state index in [9.17, 15) is 9.59 Å². The molecule has 1 saturated heterocycles. The van der Waals surface area contributed by atoms with Crippen molar-refractivity contribution in [1.82, 2.24) is 5.32 Å². The van der Waals surface area contributed by atoms with Crippen LogP contribution >= 0.6 is 22.6 Å². The van der Waals surface area contributed by atoms with Crippen molar-refractivity contribution in [2.45, 2.75) is 6.92 Å². The number of anilines is 1. The molecule has 2 amide bonds. The Morgan fingerprint density at radius 3 is 3.00 bits per heavy atom. The Hall–Kier alpha value is -1.15. The van der Waals surface area contributed by atoms with E-state index in [1.807, 2.05) is 25.1 Å². The van der Waals surface area contributed by atoms with Gasteiger partial charge in [-0.05, 0) is 53.3 Å². The molecular formula is C13H17IN3O2+. The van der Waals surface area contributed by atoms with E-state index < -0.39 is 0 Å². The van der Waals surface area contributed by atoms with Gasteiger partial charge in [0.1, 0.15) is 0 Å². The molecule has 1 aliphatic rings. The van der Waals surface area contributed by atoms with E-state index in [1.54, 1.807) is 0 Å². The quantitative estimate of drug-likeness (QED) is 0.628. The maximum absolute atomic E-state index is 12.0. The van der Waals surface area contributed by atoms with E-state index in [2.05, 4.69) is 33.2 Å². The topological polar surface area (TPSA) is 62.6 Å². The number of quaternary nitrogens is 1. The molecule has 0 aliphatic carbocycles. The van der Waals surface area contributed by atoms with Crippen LogP contribution in [-0.2, 0) is 9.59 Å². The lowest BCUT2D eigenvalue weighted by Crippen LogP contribution is -3.16. The van der Waals surface area contributed by atoms with E-state index >= 15 is 0 Å². The number of piperazine rings is 1. The minimum Gasteiger partial charge on any atom is -0.346 e. The lowest BCUT2D eigenvalue weighted by Gasteiger charge is -2.23. The van der Waals surface area contributed by atoms with E-state index in [-0.39, 0.29) is 11.8 Å². The smallest absolute Gasteiger partial charge is 0.279 e. The van der Waals surface area contributed by atoms with Gasteiger partial charge in [0.05, 0.1) is 13.1 Å². The molecule has 1 heterocycles. The molecule has 3 N–H and O–H groups in total. The zero-order valence-electron chi connectivity index (χ0n) is 10.8. The summed E-state index contributed by atoms with van der Waals surface area (Å²) in [7, 11) is 0. The molecule has 102 valence electrons. The third-order valence-corrected chi connectivity index (χ3v) is 3.76. The zero-order valence-corrected chi connectivity index (χ0v) is 12.9. The maximum Gasteiger partial charge on any atom is 0.279 e. The van der Waals surface area contributed by atoms with E-state index in [4.69, 9.17) is 0 Å². The summed E-state index contributed by atoms with van der Waals surface area (Å²) in [5.74, 6) is -0.0338. The molecule has 2 rings (SSSR count). The van der Waals surface area contributed by atoms with Crippen LogP contribution in [0.25, 0.3) is 0 Å². The Labute approximate surface area is 125 Å². The fourth-order valence-corrected chi connectivity index (χ4v) is 2.74. The maximum atomic E-state index is 12.0. The highest BCUT2D eigenvalue weighted by molar-refractivity contribution is 14.1. The highest BCUT2D eigenvalue weighted by Gasteiger charge is 2.22. The number of carbonyl (C=O) groups excluding carboxylic acids is 2. The first-order valence-corrected chi connectivity index (χ1v) is 7.29. The highest BCUT2D eigenvalue weighted by Crippen LogP contribution is 2.17. The van der Waals surface area contributed by atoms with Gasteiger partial charge in [0.15, 0.2) is 13.1 Å². The number of aryl methyl sites for hydroxylation is 1. The van der Waals surface area contributed by atoms with Crippen molar-refractivity contribution in [3.05, 3.63) is 27.3 Å². The molecule has 1 aromatic rings. The molecule has 6 heteroatoms. The van der Waals surface area contributed by atoms with Crippen molar-refractivity contribution in [3.63, 3.8) is 0 Å². The summed E-state index contributed by atoms with van der Waals surface area (Å²) in [6.07, 6.45) is 0. The Morgan fingerprint density at radius 1 is 1.53 bits per heavy atom. The Kier molecular flexibility index (Phi) is 4.76. The number of nitrogens with one attached hydrogen (secondary N) is 3. The summed E-state index contributed by atoms with van der Waals surface area (Å²) in [6, 6.07) is 5.90. The van der Waals surface area contributed by atoms with E-state index in [0.717, 1.165) is 26.3 Å². The van der Waals surface area contributed by atoms with Crippen molar-refractivity contribution in [1.29, 1.82) is 0 Å². The van der Waals surface area contributed by atoms with Crippen molar-refractivity contribution < 1.29 is 14.5 Å². The molecule has 0 saturated carbocycles. The second kappa shape index (κ2) is 6.33. The number of hydrogen-bond donors (Lipinski definition) is 3. The lowest BCUT2D eigenvalue weighted by atomic mass is 10.2. The molecule has 1 unspecified atom stereocenters. The summed E-state index contributed by atoms with van der Waals surface area (Å²) in [5.41, 5.74) is 1.89. The Bertz CT molecular complexity index is 505. The van der Waals surface area contributed by atoms with Gasteiger partial charge >= 0.3 is 0 Å². The molecule has 1 atom stereocenters. The van der Waals surface area contributed by atoms with Crippen LogP contribution in [0.3, 0.4) is 0 Å². The Morgan fingerprint density at radius 2 is 2.32 bits per heavy atom. The summed E-state index contributed by atoms with van der Waals surface area (Å²) in [5, 5.41) is 5.66. The average molecular weight is 374 g/mol. The highest BCUT2D eigenvalue weighted by atomic mass is 127. The van der Waals surface area contributed by atoms with Gasteiger partial charge in [-0.1, -0.05) is 0 Å². The normalized spacial score (nSPS) is 18.8. The van der Waals surface area contributed by atoms with E-state index in [1.165, 1.54) is 0 Å². The van der Waals surface area contributed by atoms with Crippen LogP contribution in [0.2, 0.25) is 0 Å². The summed E-state index contributed by atoms with van der Waals surface area (Å²) in [4.78, 5) is 24.2.